The van der Waals surface area contributed by atoms with Gasteiger partial charge in [0.1, 0.15) is 22.7 Å². The number of aryl methyl sites for hydroxylation is 2. The van der Waals surface area contributed by atoms with Crippen LogP contribution in [0.25, 0.3) is 0 Å². The highest BCUT2D eigenvalue weighted by Crippen LogP contribution is 2.34. The molecule has 9 heteroatoms. The SMILES string of the molecule is Cc1noc(C)c1C(=O)N1CCC(C2(C)NC(=O)N(Cc3ccc(F)cc3)C2=O)CC1. The fraction of sp³-hybridized carbons (Fsp3) is 0.455. The summed E-state index contributed by atoms with van der Waals surface area (Å²) in [6.07, 6.45) is 1.17. The third kappa shape index (κ3) is 3.68. The molecule has 1 aromatic heterocycles. The highest BCUT2D eigenvalue weighted by molar-refractivity contribution is 6.07. The average Bonchev–Trinajstić information content (AvgIpc) is 3.20. The van der Waals surface area contributed by atoms with Crippen LogP contribution in [0.2, 0.25) is 0 Å². The Bertz CT molecular complexity index is 1010. The number of aromatic nitrogens is 1. The summed E-state index contributed by atoms with van der Waals surface area (Å²) < 4.78 is 18.2. The number of likely N-dealkylation sites (tertiary alicyclic amines) is 1. The van der Waals surface area contributed by atoms with E-state index in [1.807, 2.05) is 0 Å². The summed E-state index contributed by atoms with van der Waals surface area (Å²) in [4.78, 5) is 41.5. The van der Waals surface area contributed by atoms with Crippen molar-refractivity contribution in [3.63, 3.8) is 0 Å². The molecule has 1 aromatic carbocycles. The third-order valence-electron chi connectivity index (χ3n) is 6.40. The van der Waals surface area contributed by atoms with E-state index in [0.717, 1.165) is 0 Å². The predicted octanol–water partition coefficient (Wildman–Crippen LogP) is 2.79. The topological polar surface area (TPSA) is 95.8 Å². The Kier molecular flexibility index (Phi) is 5.28. The lowest BCUT2D eigenvalue weighted by atomic mass is 9.78. The predicted molar refractivity (Wildman–Crippen MR) is 108 cm³/mol. The Hall–Kier alpha value is -3.23. The van der Waals surface area contributed by atoms with Crippen LogP contribution >= 0.6 is 0 Å². The monoisotopic (exact) mass is 428 g/mol. The van der Waals surface area contributed by atoms with Gasteiger partial charge in [-0.1, -0.05) is 17.3 Å². The van der Waals surface area contributed by atoms with Gasteiger partial charge in [-0.05, 0) is 57.2 Å². The number of rotatable bonds is 4. The molecule has 31 heavy (non-hydrogen) atoms. The minimum Gasteiger partial charge on any atom is -0.361 e. The van der Waals surface area contributed by atoms with Gasteiger partial charge in [0.15, 0.2) is 0 Å². The van der Waals surface area contributed by atoms with Gasteiger partial charge in [-0.15, -0.1) is 0 Å². The lowest BCUT2D eigenvalue weighted by molar-refractivity contribution is -0.133. The van der Waals surface area contributed by atoms with Crippen molar-refractivity contribution in [2.24, 2.45) is 5.92 Å². The molecular formula is C22H25FN4O4. The largest absolute Gasteiger partial charge is 0.361 e. The number of hydrogen-bond acceptors (Lipinski definition) is 5. The Balaban J connectivity index is 1.43. The minimum absolute atomic E-state index is 0.0872. The zero-order valence-corrected chi connectivity index (χ0v) is 17.8. The van der Waals surface area contributed by atoms with Crippen LogP contribution in [-0.4, -0.2) is 51.4 Å². The first-order valence-electron chi connectivity index (χ1n) is 10.3. The Labute approximate surface area is 179 Å². The van der Waals surface area contributed by atoms with Gasteiger partial charge in [0, 0.05) is 13.1 Å². The van der Waals surface area contributed by atoms with Crippen LogP contribution in [0.3, 0.4) is 0 Å². The number of amides is 4. The summed E-state index contributed by atoms with van der Waals surface area (Å²) in [6.45, 7) is 6.23. The number of carbonyl (C=O) groups excluding carboxylic acids is 3. The van der Waals surface area contributed by atoms with Gasteiger partial charge in [0.2, 0.25) is 0 Å². The van der Waals surface area contributed by atoms with Crippen molar-refractivity contribution in [3.8, 4) is 0 Å². The van der Waals surface area contributed by atoms with Crippen molar-refractivity contribution in [2.75, 3.05) is 13.1 Å². The van der Waals surface area contributed by atoms with Gasteiger partial charge >= 0.3 is 6.03 Å². The molecule has 2 fully saturated rings. The fourth-order valence-electron chi connectivity index (χ4n) is 4.51. The van der Waals surface area contributed by atoms with Crippen molar-refractivity contribution in [1.29, 1.82) is 0 Å². The van der Waals surface area contributed by atoms with Crippen molar-refractivity contribution < 1.29 is 23.3 Å². The molecule has 2 aliphatic rings. The van der Waals surface area contributed by atoms with Gasteiger partial charge in [0.05, 0.1) is 12.2 Å². The Morgan fingerprint density at radius 2 is 1.87 bits per heavy atom. The van der Waals surface area contributed by atoms with E-state index in [-0.39, 0.29) is 30.1 Å². The molecule has 164 valence electrons. The van der Waals surface area contributed by atoms with E-state index in [9.17, 15) is 18.8 Å². The molecular weight excluding hydrogens is 403 g/mol. The number of benzene rings is 1. The van der Waals surface area contributed by atoms with E-state index in [0.29, 0.717) is 48.5 Å². The molecule has 3 heterocycles. The lowest BCUT2D eigenvalue weighted by Crippen LogP contribution is -2.54. The quantitative estimate of drug-likeness (QED) is 0.756. The fourth-order valence-corrected chi connectivity index (χ4v) is 4.51. The smallest absolute Gasteiger partial charge is 0.325 e. The summed E-state index contributed by atoms with van der Waals surface area (Å²) >= 11 is 0. The van der Waals surface area contributed by atoms with E-state index < -0.39 is 11.6 Å². The second-order valence-electron chi connectivity index (χ2n) is 8.42. The zero-order chi connectivity index (χ0) is 22.3. The molecule has 0 radical (unpaired) electrons. The number of hydrogen-bond donors (Lipinski definition) is 1. The van der Waals surface area contributed by atoms with Crippen LogP contribution in [0.5, 0.6) is 0 Å². The summed E-state index contributed by atoms with van der Waals surface area (Å²) in [6, 6.07) is 5.28. The molecule has 1 unspecified atom stereocenters. The normalized spacial score (nSPS) is 22.2. The lowest BCUT2D eigenvalue weighted by Gasteiger charge is -2.38. The Morgan fingerprint density at radius 3 is 2.45 bits per heavy atom. The van der Waals surface area contributed by atoms with Crippen molar-refractivity contribution in [3.05, 3.63) is 52.7 Å². The minimum atomic E-state index is -1.03. The summed E-state index contributed by atoms with van der Waals surface area (Å²) in [5.74, 6) is -0.400. The molecule has 0 saturated carbocycles. The maximum Gasteiger partial charge on any atom is 0.325 e. The van der Waals surface area contributed by atoms with E-state index in [4.69, 9.17) is 4.52 Å². The molecule has 4 rings (SSSR count). The number of piperidine rings is 1. The van der Waals surface area contributed by atoms with Gasteiger partial charge in [-0.3, -0.25) is 14.5 Å². The number of nitrogens with zero attached hydrogens (tertiary/aromatic N) is 3. The number of halogens is 1. The molecule has 2 aromatic rings. The number of imide groups is 1. The number of nitrogens with one attached hydrogen (secondary N) is 1. The van der Waals surface area contributed by atoms with Gasteiger partial charge in [-0.2, -0.15) is 0 Å². The molecule has 0 spiro atoms. The van der Waals surface area contributed by atoms with E-state index >= 15 is 0 Å². The van der Waals surface area contributed by atoms with E-state index in [1.54, 1.807) is 37.8 Å². The Morgan fingerprint density at radius 1 is 1.23 bits per heavy atom. The molecule has 1 N–H and O–H groups in total. The van der Waals surface area contributed by atoms with Gasteiger partial charge in [0.25, 0.3) is 11.8 Å². The molecule has 2 saturated heterocycles. The van der Waals surface area contributed by atoms with Crippen LogP contribution in [0.4, 0.5) is 9.18 Å². The standard InChI is InChI=1S/C22H25FN4O4/c1-13-18(14(2)31-25-13)19(28)26-10-8-16(9-11-26)22(3)20(29)27(21(30)24-22)12-15-4-6-17(23)7-5-15/h4-7,16H,8-12H2,1-3H3,(H,24,30). The highest BCUT2D eigenvalue weighted by Gasteiger charge is 2.53. The highest BCUT2D eigenvalue weighted by atomic mass is 19.1. The first-order valence-corrected chi connectivity index (χ1v) is 10.3. The molecule has 0 bridgehead atoms. The van der Waals surface area contributed by atoms with Crippen molar-refractivity contribution in [2.45, 2.75) is 45.7 Å². The average molecular weight is 428 g/mol. The molecule has 4 amide bonds. The van der Waals surface area contributed by atoms with Crippen LogP contribution in [0.1, 0.15) is 47.1 Å². The number of urea groups is 1. The van der Waals surface area contributed by atoms with Gasteiger partial charge < -0.3 is 14.7 Å². The van der Waals surface area contributed by atoms with Crippen LogP contribution in [0.15, 0.2) is 28.8 Å². The second kappa shape index (κ2) is 7.79. The maximum atomic E-state index is 13.2. The first-order chi connectivity index (χ1) is 14.7. The summed E-state index contributed by atoms with van der Waals surface area (Å²) in [5.41, 5.74) is 0.690. The second-order valence-corrected chi connectivity index (χ2v) is 8.42. The third-order valence-corrected chi connectivity index (χ3v) is 6.40. The molecule has 1 atom stereocenters. The van der Waals surface area contributed by atoms with Crippen LogP contribution in [0, 0.1) is 25.6 Å². The summed E-state index contributed by atoms with van der Waals surface area (Å²) in [7, 11) is 0. The first kappa shape index (κ1) is 21.0. The van der Waals surface area contributed by atoms with Crippen molar-refractivity contribution in [1.82, 2.24) is 20.3 Å². The zero-order valence-electron chi connectivity index (χ0n) is 17.8. The number of carbonyl (C=O) groups is 3. The maximum absolute atomic E-state index is 13.2. The van der Waals surface area contributed by atoms with Gasteiger partial charge in [-0.25, -0.2) is 9.18 Å². The molecule has 2 aliphatic heterocycles. The van der Waals surface area contributed by atoms with E-state index in [2.05, 4.69) is 10.5 Å². The summed E-state index contributed by atoms with van der Waals surface area (Å²) in [5, 5.41) is 6.70. The van der Waals surface area contributed by atoms with E-state index in [1.165, 1.54) is 17.0 Å². The van der Waals surface area contributed by atoms with Crippen molar-refractivity contribution >= 4 is 17.8 Å². The molecule has 0 aliphatic carbocycles. The van der Waals surface area contributed by atoms with Crippen LogP contribution < -0.4 is 5.32 Å². The molecule has 8 nitrogen and oxygen atoms in total. The van der Waals surface area contributed by atoms with Crippen LogP contribution in [-0.2, 0) is 11.3 Å².